The molecule has 0 aromatic rings. The molecule has 0 aromatic carbocycles. The molecule has 21 heavy (non-hydrogen) atoms. The van der Waals surface area contributed by atoms with Crippen LogP contribution >= 0.6 is 0 Å². The third kappa shape index (κ3) is 2.71. The number of rotatable bonds is 6. The zero-order valence-corrected chi connectivity index (χ0v) is 14.5. The summed E-state index contributed by atoms with van der Waals surface area (Å²) in [6, 6.07) is 0. The molecule has 0 amide bonds. The molecule has 0 radical (unpaired) electrons. The van der Waals surface area contributed by atoms with Gasteiger partial charge in [-0.1, -0.05) is 47.0 Å². The predicted octanol–water partition coefficient (Wildman–Crippen LogP) is 5.06. The largest absolute Gasteiger partial charge is 0.299 e. The molecule has 0 saturated heterocycles. The molecule has 120 valence electrons. The quantitative estimate of drug-likeness (QED) is 0.629. The maximum atomic E-state index is 12.5. The standard InChI is InChI=1S/C19H33NO/c1-14(2)8-6-9-15(3)16-11-13-18(4)17(21)10-7-12-19(16,18)20-5/h14-16H,5-13H2,1-4H3/t15-,16?,18+,19+/m1/s1. The molecular weight excluding hydrogens is 258 g/mol. The molecule has 0 bridgehead atoms. The summed E-state index contributed by atoms with van der Waals surface area (Å²) < 4.78 is 0. The lowest BCUT2D eigenvalue weighted by Gasteiger charge is -2.47. The summed E-state index contributed by atoms with van der Waals surface area (Å²) in [7, 11) is 0. The molecular formula is C19H33NO. The van der Waals surface area contributed by atoms with Crippen molar-refractivity contribution in [1.29, 1.82) is 0 Å². The van der Waals surface area contributed by atoms with Gasteiger partial charge in [-0.3, -0.25) is 9.79 Å². The van der Waals surface area contributed by atoms with Crippen molar-refractivity contribution in [3.8, 4) is 0 Å². The van der Waals surface area contributed by atoms with Gasteiger partial charge in [-0.05, 0) is 50.2 Å². The number of carbonyl (C=O) groups is 1. The van der Waals surface area contributed by atoms with Gasteiger partial charge in [0.05, 0.1) is 11.0 Å². The van der Waals surface area contributed by atoms with Crippen molar-refractivity contribution >= 4 is 12.5 Å². The Hall–Kier alpha value is -0.660. The van der Waals surface area contributed by atoms with Crippen molar-refractivity contribution < 1.29 is 4.79 Å². The van der Waals surface area contributed by atoms with Crippen LogP contribution in [0.25, 0.3) is 0 Å². The Kier molecular flexibility index (Phi) is 4.95. The van der Waals surface area contributed by atoms with Gasteiger partial charge in [0.15, 0.2) is 0 Å². The van der Waals surface area contributed by atoms with Crippen molar-refractivity contribution in [2.45, 2.75) is 84.6 Å². The van der Waals surface area contributed by atoms with Crippen LogP contribution in [0.15, 0.2) is 4.99 Å². The fourth-order valence-electron chi connectivity index (χ4n) is 5.12. The first-order valence-corrected chi connectivity index (χ1v) is 8.88. The van der Waals surface area contributed by atoms with Crippen molar-refractivity contribution in [3.05, 3.63) is 0 Å². The molecule has 2 aliphatic carbocycles. The van der Waals surface area contributed by atoms with Crippen LogP contribution in [0.1, 0.15) is 79.1 Å². The molecule has 2 saturated carbocycles. The summed E-state index contributed by atoms with van der Waals surface area (Å²) in [5, 5.41) is 0. The molecule has 0 aromatic heterocycles. The van der Waals surface area contributed by atoms with Gasteiger partial charge in [0.1, 0.15) is 5.78 Å². The van der Waals surface area contributed by atoms with Gasteiger partial charge < -0.3 is 0 Å². The third-order valence-corrected chi connectivity index (χ3v) is 6.51. The fourth-order valence-corrected chi connectivity index (χ4v) is 5.12. The topological polar surface area (TPSA) is 29.4 Å². The van der Waals surface area contributed by atoms with E-state index in [4.69, 9.17) is 0 Å². The molecule has 0 heterocycles. The number of Topliss-reactive ketones (excluding diaryl/α,β-unsaturated/α-hetero) is 1. The van der Waals surface area contributed by atoms with Crippen LogP contribution in [0.5, 0.6) is 0 Å². The van der Waals surface area contributed by atoms with E-state index in [1.54, 1.807) is 0 Å². The van der Waals surface area contributed by atoms with Gasteiger partial charge in [-0.15, -0.1) is 0 Å². The van der Waals surface area contributed by atoms with E-state index in [-0.39, 0.29) is 11.0 Å². The van der Waals surface area contributed by atoms with Gasteiger partial charge in [-0.2, -0.15) is 0 Å². The Bertz CT molecular complexity index is 402. The molecule has 2 rings (SSSR count). The number of nitrogens with zero attached hydrogens (tertiary/aromatic N) is 1. The first-order chi connectivity index (χ1) is 9.87. The van der Waals surface area contributed by atoms with Gasteiger partial charge in [-0.25, -0.2) is 0 Å². The fraction of sp³-hybridized carbons (Fsp3) is 0.895. The normalized spacial score (nSPS) is 37.6. The second-order valence-corrected chi connectivity index (χ2v) is 8.14. The highest BCUT2D eigenvalue weighted by Crippen LogP contribution is 2.60. The zero-order valence-electron chi connectivity index (χ0n) is 14.5. The Balaban J connectivity index is 2.13. The molecule has 2 nitrogen and oxygen atoms in total. The van der Waals surface area contributed by atoms with Crippen LogP contribution in [0, 0.1) is 23.2 Å². The van der Waals surface area contributed by atoms with E-state index in [1.165, 1.54) is 19.3 Å². The van der Waals surface area contributed by atoms with Crippen molar-refractivity contribution in [2.75, 3.05) is 0 Å². The lowest BCUT2D eigenvalue weighted by molar-refractivity contribution is -0.134. The van der Waals surface area contributed by atoms with E-state index in [0.29, 0.717) is 17.6 Å². The molecule has 2 aliphatic rings. The average molecular weight is 291 g/mol. The molecule has 0 N–H and O–H groups in total. The van der Waals surface area contributed by atoms with E-state index < -0.39 is 0 Å². The van der Waals surface area contributed by atoms with E-state index in [2.05, 4.69) is 39.4 Å². The smallest absolute Gasteiger partial charge is 0.141 e. The lowest BCUT2D eigenvalue weighted by atomic mass is 9.59. The van der Waals surface area contributed by atoms with Crippen LogP contribution in [0.4, 0.5) is 0 Å². The van der Waals surface area contributed by atoms with Crippen LogP contribution < -0.4 is 0 Å². The highest BCUT2D eigenvalue weighted by Gasteiger charge is 2.62. The van der Waals surface area contributed by atoms with Crippen molar-refractivity contribution in [1.82, 2.24) is 0 Å². The minimum Gasteiger partial charge on any atom is -0.299 e. The van der Waals surface area contributed by atoms with Gasteiger partial charge >= 0.3 is 0 Å². The second-order valence-electron chi connectivity index (χ2n) is 8.14. The third-order valence-electron chi connectivity index (χ3n) is 6.51. The number of fused-ring (bicyclic) bond motifs is 1. The SMILES string of the molecule is C=N[C@]12CCCC(=O)[C@]1(C)CCC2[C@H](C)CCCC(C)C. The van der Waals surface area contributed by atoms with Gasteiger partial charge in [0.2, 0.25) is 0 Å². The monoisotopic (exact) mass is 291 g/mol. The summed E-state index contributed by atoms with van der Waals surface area (Å²) in [6.07, 6.45) is 8.87. The Morgan fingerprint density at radius 2 is 2.00 bits per heavy atom. The summed E-state index contributed by atoms with van der Waals surface area (Å²) >= 11 is 0. The number of aliphatic imine (C=N–C) groups is 1. The molecule has 2 fully saturated rings. The van der Waals surface area contributed by atoms with Crippen LogP contribution in [-0.2, 0) is 4.79 Å². The van der Waals surface area contributed by atoms with E-state index in [1.807, 2.05) is 0 Å². The number of ketones is 1. The predicted molar refractivity (Wildman–Crippen MR) is 89.8 cm³/mol. The Morgan fingerprint density at radius 1 is 1.29 bits per heavy atom. The van der Waals surface area contributed by atoms with Crippen LogP contribution in [-0.4, -0.2) is 18.0 Å². The highest BCUT2D eigenvalue weighted by molar-refractivity contribution is 5.87. The number of hydrogen-bond donors (Lipinski definition) is 0. The van der Waals surface area contributed by atoms with E-state index in [0.717, 1.165) is 38.0 Å². The first kappa shape index (κ1) is 16.7. The maximum absolute atomic E-state index is 12.5. The van der Waals surface area contributed by atoms with Crippen molar-refractivity contribution in [3.63, 3.8) is 0 Å². The van der Waals surface area contributed by atoms with E-state index in [9.17, 15) is 4.79 Å². The van der Waals surface area contributed by atoms with Gasteiger partial charge in [0.25, 0.3) is 0 Å². The summed E-state index contributed by atoms with van der Waals surface area (Å²) in [6.45, 7) is 13.1. The Morgan fingerprint density at radius 3 is 2.62 bits per heavy atom. The summed E-state index contributed by atoms with van der Waals surface area (Å²) in [4.78, 5) is 17.2. The Labute approximate surface area is 130 Å². The maximum Gasteiger partial charge on any atom is 0.141 e. The van der Waals surface area contributed by atoms with Gasteiger partial charge in [0, 0.05) is 6.42 Å². The molecule has 4 atom stereocenters. The zero-order chi connectivity index (χ0) is 15.7. The van der Waals surface area contributed by atoms with Crippen molar-refractivity contribution in [2.24, 2.45) is 28.2 Å². The number of carbonyl (C=O) groups excluding carboxylic acids is 1. The average Bonchev–Trinajstić information content (AvgIpc) is 2.74. The lowest BCUT2D eigenvalue weighted by Crippen LogP contribution is -2.53. The van der Waals surface area contributed by atoms with Crippen LogP contribution in [0.3, 0.4) is 0 Å². The second kappa shape index (κ2) is 6.22. The molecule has 0 spiro atoms. The molecule has 2 heteroatoms. The number of hydrogen-bond acceptors (Lipinski definition) is 2. The highest BCUT2D eigenvalue weighted by atomic mass is 16.1. The summed E-state index contributed by atoms with van der Waals surface area (Å²) in [5.74, 6) is 2.44. The van der Waals surface area contributed by atoms with E-state index >= 15 is 0 Å². The molecule has 0 aliphatic heterocycles. The minimum absolute atomic E-state index is 0.167. The minimum atomic E-state index is -0.232. The van der Waals surface area contributed by atoms with Crippen LogP contribution in [0.2, 0.25) is 0 Å². The summed E-state index contributed by atoms with van der Waals surface area (Å²) in [5.41, 5.74) is -0.399. The first-order valence-electron chi connectivity index (χ1n) is 8.88. The molecule has 1 unspecified atom stereocenters.